The highest BCUT2D eigenvalue weighted by Gasteiger charge is 2.27. The van der Waals surface area contributed by atoms with Crippen LogP contribution in [0.5, 0.6) is 23.0 Å². The third-order valence-corrected chi connectivity index (χ3v) is 5.15. The Morgan fingerprint density at radius 2 is 1.15 bits per heavy atom. The van der Waals surface area contributed by atoms with E-state index in [1.54, 1.807) is 0 Å². The van der Waals surface area contributed by atoms with Gasteiger partial charge in [-0.2, -0.15) is 0 Å². The van der Waals surface area contributed by atoms with E-state index in [0.717, 1.165) is 34.4 Å². The SMILES string of the molecule is C=CC(=O)Oc1c(C)ccc(C(CC)c2ccc(C)c(OC(=O)C=C)c2OCC)c1OCC. The van der Waals surface area contributed by atoms with Crippen LogP contribution in [0.3, 0.4) is 0 Å². The van der Waals surface area contributed by atoms with E-state index in [9.17, 15) is 9.59 Å². The Bertz CT molecular complexity index is 956. The van der Waals surface area contributed by atoms with Crippen LogP contribution in [-0.2, 0) is 9.59 Å². The van der Waals surface area contributed by atoms with Gasteiger partial charge < -0.3 is 18.9 Å². The first-order valence-corrected chi connectivity index (χ1v) is 11.0. The molecule has 2 rings (SSSR count). The number of carbonyl (C=O) groups is 2. The number of rotatable bonds is 11. The number of esters is 2. The lowest BCUT2D eigenvalue weighted by atomic mass is 9.86. The van der Waals surface area contributed by atoms with Crippen molar-refractivity contribution in [2.45, 2.75) is 47.0 Å². The maximum Gasteiger partial charge on any atom is 0.335 e. The summed E-state index contributed by atoms with van der Waals surface area (Å²) in [4.78, 5) is 24.0. The van der Waals surface area contributed by atoms with Crippen LogP contribution in [0.4, 0.5) is 0 Å². The summed E-state index contributed by atoms with van der Waals surface area (Å²) in [6.45, 7) is 17.2. The van der Waals surface area contributed by atoms with E-state index in [0.29, 0.717) is 42.6 Å². The lowest BCUT2D eigenvalue weighted by molar-refractivity contribution is -0.130. The molecule has 0 N–H and O–H groups in total. The van der Waals surface area contributed by atoms with Crippen LogP contribution in [0.1, 0.15) is 55.4 Å². The zero-order valence-corrected chi connectivity index (χ0v) is 20.0. The largest absolute Gasteiger partial charge is 0.490 e. The molecule has 0 unspecified atom stereocenters. The van der Waals surface area contributed by atoms with Crippen molar-refractivity contribution in [2.24, 2.45) is 0 Å². The van der Waals surface area contributed by atoms with Gasteiger partial charge in [0.15, 0.2) is 23.0 Å². The van der Waals surface area contributed by atoms with Gasteiger partial charge in [-0.1, -0.05) is 44.3 Å². The van der Waals surface area contributed by atoms with Gasteiger partial charge in [-0.3, -0.25) is 0 Å². The first-order valence-electron chi connectivity index (χ1n) is 11.0. The molecule has 0 aliphatic heterocycles. The molecule has 0 heterocycles. The summed E-state index contributed by atoms with van der Waals surface area (Å²) >= 11 is 0. The lowest BCUT2D eigenvalue weighted by Crippen LogP contribution is -2.13. The quantitative estimate of drug-likeness (QED) is 0.243. The minimum atomic E-state index is -0.562. The summed E-state index contributed by atoms with van der Waals surface area (Å²) in [6.07, 6.45) is 2.93. The summed E-state index contributed by atoms with van der Waals surface area (Å²) in [7, 11) is 0. The van der Waals surface area contributed by atoms with Crippen LogP contribution in [0.25, 0.3) is 0 Å². The summed E-state index contributed by atoms with van der Waals surface area (Å²) in [5, 5.41) is 0. The van der Waals surface area contributed by atoms with Crippen molar-refractivity contribution < 1.29 is 28.5 Å². The van der Waals surface area contributed by atoms with E-state index in [4.69, 9.17) is 18.9 Å². The molecular weight excluding hydrogens is 420 g/mol. The molecule has 0 spiro atoms. The molecule has 2 aromatic carbocycles. The van der Waals surface area contributed by atoms with Gasteiger partial charge in [-0.15, -0.1) is 0 Å². The average Bonchev–Trinajstić information content (AvgIpc) is 2.81. The fourth-order valence-corrected chi connectivity index (χ4v) is 3.63. The predicted octanol–water partition coefficient (Wildman–Crippen LogP) is 5.83. The molecule has 6 heteroatoms. The maximum absolute atomic E-state index is 12.0. The van der Waals surface area contributed by atoms with Gasteiger partial charge >= 0.3 is 11.9 Å². The van der Waals surface area contributed by atoms with Gasteiger partial charge in [-0.05, 0) is 45.2 Å². The number of ether oxygens (including phenoxy) is 4. The second kappa shape index (κ2) is 11.9. The summed E-state index contributed by atoms with van der Waals surface area (Å²) < 4.78 is 23.1. The number of carbonyl (C=O) groups excluding carboxylic acids is 2. The molecule has 176 valence electrons. The molecule has 0 aromatic heterocycles. The molecule has 0 bridgehead atoms. The van der Waals surface area contributed by atoms with E-state index >= 15 is 0 Å². The average molecular weight is 453 g/mol. The highest BCUT2D eigenvalue weighted by Crippen LogP contribution is 2.47. The fraction of sp³-hybridized carbons (Fsp3) is 0.333. The normalized spacial score (nSPS) is 10.5. The Morgan fingerprint density at radius 3 is 1.45 bits per heavy atom. The van der Waals surface area contributed by atoms with Crippen LogP contribution in [0.2, 0.25) is 0 Å². The Morgan fingerprint density at radius 1 is 0.758 bits per heavy atom. The molecule has 0 fully saturated rings. The van der Waals surface area contributed by atoms with Crippen molar-refractivity contribution in [1.29, 1.82) is 0 Å². The standard InChI is InChI=1S/C27H32O6/c1-8-19(20-15-13-17(6)24(26(20)30-11-4)32-22(28)9-2)21-16-14-18(7)25(27(21)31-12-5)33-23(29)10-3/h9-10,13-16,19H,2-3,8,11-12H2,1,4-7H3. The number of hydrogen-bond donors (Lipinski definition) is 0. The Kier molecular flexibility index (Phi) is 9.28. The van der Waals surface area contributed by atoms with Crippen molar-refractivity contribution in [3.05, 3.63) is 71.8 Å². The minimum Gasteiger partial charge on any atom is -0.490 e. The summed E-state index contributed by atoms with van der Waals surface area (Å²) in [6, 6.07) is 7.70. The number of hydrogen-bond acceptors (Lipinski definition) is 6. The van der Waals surface area contributed by atoms with Crippen molar-refractivity contribution in [1.82, 2.24) is 0 Å². The van der Waals surface area contributed by atoms with Crippen LogP contribution in [0.15, 0.2) is 49.6 Å². The second-order valence-corrected chi connectivity index (χ2v) is 7.34. The van der Waals surface area contributed by atoms with Gasteiger partial charge in [-0.25, -0.2) is 9.59 Å². The van der Waals surface area contributed by atoms with E-state index in [1.807, 2.05) is 58.9 Å². The van der Waals surface area contributed by atoms with Crippen molar-refractivity contribution >= 4 is 11.9 Å². The molecule has 0 atom stereocenters. The molecule has 33 heavy (non-hydrogen) atoms. The topological polar surface area (TPSA) is 71.1 Å². The van der Waals surface area contributed by atoms with Crippen molar-refractivity contribution in [3.63, 3.8) is 0 Å². The van der Waals surface area contributed by atoms with Gasteiger partial charge in [0.1, 0.15) is 0 Å². The van der Waals surface area contributed by atoms with E-state index < -0.39 is 11.9 Å². The van der Waals surface area contributed by atoms with E-state index in [1.165, 1.54) is 0 Å². The Hall–Kier alpha value is -3.54. The first kappa shape index (κ1) is 25.7. The first-order chi connectivity index (χ1) is 15.8. The van der Waals surface area contributed by atoms with Crippen LogP contribution >= 0.6 is 0 Å². The van der Waals surface area contributed by atoms with Crippen LogP contribution in [0, 0.1) is 13.8 Å². The predicted molar refractivity (Wildman–Crippen MR) is 128 cm³/mol. The minimum absolute atomic E-state index is 0.184. The zero-order chi connectivity index (χ0) is 24.5. The second-order valence-electron chi connectivity index (χ2n) is 7.34. The van der Waals surface area contributed by atoms with Crippen LogP contribution < -0.4 is 18.9 Å². The zero-order valence-electron chi connectivity index (χ0n) is 20.0. The van der Waals surface area contributed by atoms with E-state index in [-0.39, 0.29) is 5.92 Å². The van der Waals surface area contributed by atoms with Crippen LogP contribution in [-0.4, -0.2) is 25.2 Å². The molecule has 2 aromatic rings. The molecule has 0 radical (unpaired) electrons. The van der Waals surface area contributed by atoms with Gasteiger partial charge in [0.05, 0.1) is 13.2 Å². The monoisotopic (exact) mass is 452 g/mol. The fourth-order valence-electron chi connectivity index (χ4n) is 3.63. The maximum atomic E-state index is 12.0. The number of aryl methyl sites for hydroxylation is 2. The number of benzene rings is 2. The summed E-state index contributed by atoms with van der Waals surface area (Å²) in [5.41, 5.74) is 3.20. The van der Waals surface area contributed by atoms with Gasteiger partial charge in [0, 0.05) is 29.2 Å². The third kappa shape index (κ3) is 5.83. The smallest absolute Gasteiger partial charge is 0.335 e. The van der Waals surface area contributed by atoms with E-state index in [2.05, 4.69) is 13.2 Å². The van der Waals surface area contributed by atoms with Gasteiger partial charge in [0.25, 0.3) is 0 Å². The Balaban J connectivity index is 2.76. The highest BCUT2D eigenvalue weighted by atomic mass is 16.6. The molecular formula is C27H32O6. The van der Waals surface area contributed by atoms with Gasteiger partial charge in [0.2, 0.25) is 0 Å². The molecule has 0 amide bonds. The molecule has 0 saturated heterocycles. The highest BCUT2D eigenvalue weighted by molar-refractivity contribution is 5.85. The van der Waals surface area contributed by atoms with Crippen molar-refractivity contribution in [2.75, 3.05) is 13.2 Å². The Labute approximate surface area is 195 Å². The molecule has 6 nitrogen and oxygen atoms in total. The molecule has 0 saturated carbocycles. The van der Waals surface area contributed by atoms with Crippen molar-refractivity contribution in [3.8, 4) is 23.0 Å². The lowest BCUT2D eigenvalue weighted by Gasteiger charge is -2.25. The summed E-state index contributed by atoms with van der Waals surface area (Å²) in [5.74, 6) is 0.402. The third-order valence-electron chi connectivity index (χ3n) is 5.15. The molecule has 0 aliphatic rings. The molecule has 0 aliphatic carbocycles.